The number of allylic oxidation sites excluding steroid dienone is 1. The van der Waals surface area contributed by atoms with Gasteiger partial charge in [-0.05, 0) is 30.7 Å². The average Bonchev–Trinajstić information content (AvgIpc) is 2.59. The van der Waals surface area contributed by atoms with Gasteiger partial charge in [-0.3, -0.25) is 15.0 Å². The average molecular weight is 341 g/mol. The van der Waals surface area contributed by atoms with Crippen LogP contribution in [0.1, 0.15) is 25.5 Å². The van der Waals surface area contributed by atoms with Crippen molar-refractivity contribution in [2.45, 2.75) is 19.9 Å². The fourth-order valence-corrected chi connectivity index (χ4v) is 3.12. The Morgan fingerprint density at radius 2 is 2.00 bits per heavy atom. The second-order valence-electron chi connectivity index (χ2n) is 5.80. The molecule has 0 fully saturated rings. The molecule has 0 aromatic heterocycles. The highest BCUT2D eigenvalue weighted by molar-refractivity contribution is 5.90. The van der Waals surface area contributed by atoms with E-state index >= 15 is 0 Å². The second-order valence-corrected chi connectivity index (χ2v) is 5.80. The van der Waals surface area contributed by atoms with E-state index in [4.69, 9.17) is 4.74 Å². The lowest BCUT2D eigenvalue weighted by Gasteiger charge is -2.30. The van der Waals surface area contributed by atoms with Gasteiger partial charge >= 0.3 is 6.03 Å². The Kier molecular flexibility index (Phi) is 4.31. The Morgan fingerprint density at radius 1 is 1.28 bits per heavy atom. The number of nitrogens with one attached hydrogen (secondary N) is 1. The summed E-state index contributed by atoms with van der Waals surface area (Å²) in [4.78, 5) is 24.8. The van der Waals surface area contributed by atoms with E-state index in [0.717, 1.165) is 10.8 Å². The number of amides is 2. The van der Waals surface area contributed by atoms with Crippen molar-refractivity contribution < 1.29 is 14.5 Å². The number of hydrogen-bond donors (Lipinski definition) is 1. The molecule has 0 aliphatic carbocycles. The van der Waals surface area contributed by atoms with Crippen LogP contribution < -0.4 is 10.1 Å². The van der Waals surface area contributed by atoms with Gasteiger partial charge in [-0.15, -0.1) is 0 Å². The van der Waals surface area contributed by atoms with E-state index in [2.05, 4.69) is 5.32 Å². The van der Waals surface area contributed by atoms with Crippen LogP contribution in [0.3, 0.4) is 0 Å². The summed E-state index contributed by atoms with van der Waals surface area (Å²) in [6, 6.07) is 9.99. The fraction of sp³-hybridized carbons (Fsp3) is 0.278. The molecule has 2 aromatic carbocycles. The number of hydrogen-bond acceptors (Lipinski definition) is 4. The minimum Gasteiger partial charge on any atom is -0.493 e. The number of ether oxygens (including phenoxy) is 1. The maximum atomic E-state index is 12.3. The SMILES string of the molecule is CCOc1ccc2ccccc2c1[C@H]1NC(=O)N(C)C(C)=C1[N+](=O)[O-]. The Morgan fingerprint density at radius 3 is 2.68 bits per heavy atom. The van der Waals surface area contributed by atoms with Gasteiger partial charge in [0.25, 0.3) is 5.70 Å². The van der Waals surface area contributed by atoms with E-state index in [-0.39, 0.29) is 11.7 Å². The van der Waals surface area contributed by atoms with Crippen molar-refractivity contribution in [3.63, 3.8) is 0 Å². The van der Waals surface area contributed by atoms with Gasteiger partial charge in [-0.1, -0.05) is 30.3 Å². The van der Waals surface area contributed by atoms with E-state index in [1.165, 1.54) is 11.9 Å². The van der Waals surface area contributed by atoms with Crippen LogP contribution in [0.5, 0.6) is 5.75 Å². The summed E-state index contributed by atoms with van der Waals surface area (Å²) >= 11 is 0. The fourth-order valence-electron chi connectivity index (χ4n) is 3.12. The third-order valence-electron chi connectivity index (χ3n) is 4.44. The van der Waals surface area contributed by atoms with E-state index < -0.39 is 11.0 Å². The topological polar surface area (TPSA) is 84.7 Å². The van der Waals surface area contributed by atoms with Crippen LogP contribution in [-0.2, 0) is 0 Å². The van der Waals surface area contributed by atoms with E-state index in [1.807, 2.05) is 37.3 Å². The standard InChI is InChI=1S/C18H19N3O4/c1-4-25-14-10-9-12-7-5-6-8-13(12)15(14)16-17(21(23)24)11(2)20(3)18(22)19-16/h5-10,16H,4H2,1-3H3,(H,19,22)/t16-/m1/s1. The number of fused-ring (bicyclic) bond motifs is 1. The molecule has 0 saturated carbocycles. The maximum absolute atomic E-state index is 12.3. The second kappa shape index (κ2) is 6.43. The summed E-state index contributed by atoms with van der Waals surface area (Å²) in [6.45, 7) is 3.85. The molecule has 1 aliphatic heterocycles. The van der Waals surface area contributed by atoms with Crippen molar-refractivity contribution in [3.8, 4) is 5.75 Å². The lowest BCUT2D eigenvalue weighted by atomic mass is 9.94. The lowest BCUT2D eigenvalue weighted by molar-refractivity contribution is -0.433. The van der Waals surface area contributed by atoms with Crippen molar-refractivity contribution in [1.29, 1.82) is 0 Å². The van der Waals surface area contributed by atoms with Gasteiger partial charge in [0.15, 0.2) is 6.04 Å². The summed E-state index contributed by atoms with van der Waals surface area (Å²) in [5.74, 6) is 0.531. The van der Waals surface area contributed by atoms with Gasteiger partial charge in [-0.25, -0.2) is 4.79 Å². The van der Waals surface area contributed by atoms with Crippen molar-refractivity contribution in [1.82, 2.24) is 10.2 Å². The summed E-state index contributed by atoms with van der Waals surface area (Å²) in [5, 5.41) is 16.2. The number of carbonyl (C=O) groups is 1. The minimum atomic E-state index is -0.883. The predicted molar refractivity (Wildman–Crippen MR) is 93.8 cm³/mol. The molecule has 1 aliphatic rings. The van der Waals surface area contributed by atoms with Gasteiger partial charge in [0.05, 0.1) is 17.2 Å². The Labute approximate surface area is 145 Å². The summed E-state index contributed by atoms with van der Waals surface area (Å²) in [6.07, 6.45) is 0. The molecule has 7 heteroatoms. The molecular formula is C18H19N3O4. The molecule has 2 aromatic rings. The predicted octanol–water partition coefficient (Wildman–Crippen LogP) is 3.44. The number of benzene rings is 2. The smallest absolute Gasteiger partial charge is 0.322 e. The largest absolute Gasteiger partial charge is 0.493 e. The van der Waals surface area contributed by atoms with E-state index in [0.29, 0.717) is 23.6 Å². The molecule has 2 amide bonds. The van der Waals surface area contributed by atoms with Crippen LogP contribution in [0.4, 0.5) is 4.79 Å². The van der Waals surface area contributed by atoms with Crippen molar-refractivity contribution in [2.24, 2.45) is 0 Å². The number of nitrogens with zero attached hydrogens (tertiary/aromatic N) is 2. The number of urea groups is 1. The number of carbonyl (C=O) groups excluding carboxylic acids is 1. The Hall–Kier alpha value is -3.09. The molecule has 0 saturated heterocycles. The van der Waals surface area contributed by atoms with Crippen LogP contribution in [0.25, 0.3) is 10.8 Å². The molecule has 3 rings (SSSR count). The van der Waals surface area contributed by atoms with Crippen LogP contribution in [0.15, 0.2) is 47.8 Å². The first-order valence-corrected chi connectivity index (χ1v) is 7.99. The Balaban J connectivity index is 2.31. The van der Waals surface area contributed by atoms with Crippen molar-refractivity contribution in [3.05, 3.63) is 63.5 Å². The molecule has 130 valence electrons. The molecule has 25 heavy (non-hydrogen) atoms. The molecule has 1 N–H and O–H groups in total. The lowest BCUT2D eigenvalue weighted by Crippen LogP contribution is -2.46. The van der Waals surface area contributed by atoms with Crippen molar-refractivity contribution in [2.75, 3.05) is 13.7 Å². The zero-order valence-electron chi connectivity index (χ0n) is 14.3. The highest BCUT2D eigenvalue weighted by atomic mass is 16.6. The van der Waals surface area contributed by atoms with Crippen molar-refractivity contribution >= 4 is 16.8 Å². The highest BCUT2D eigenvalue weighted by Gasteiger charge is 2.40. The molecule has 1 heterocycles. The summed E-state index contributed by atoms with van der Waals surface area (Å²) in [5.41, 5.74) is 0.862. The summed E-state index contributed by atoms with van der Waals surface area (Å²) in [7, 11) is 1.51. The first-order chi connectivity index (χ1) is 12.0. The molecular weight excluding hydrogens is 322 g/mol. The quantitative estimate of drug-likeness (QED) is 0.682. The summed E-state index contributed by atoms with van der Waals surface area (Å²) < 4.78 is 5.71. The molecule has 0 spiro atoms. The molecule has 0 bridgehead atoms. The third-order valence-corrected chi connectivity index (χ3v) is 4.44. The minimum absolute atomic E-state index is 0.0561. The molecule has 0 radical (unpaired) electrons. The van der Waals surface area contributed by atoms with Gasteiger partial charge in [0.1, 0.15) is 5.75 Å². The van der Waals surface area contributed by atoms with Crippen LogP contribution in [0.2, 0.25) is 0 Å². The molecule has 1 atom stereocenters. The van der Waals surface area contributed by atoms with E-state index in [9.17, 15) is 14.9 Å². The van der Waals surface area contributed by atoms with Gasteiger partial charge in [0, 0.05) is 12.6 Å². The van der Waals surface area contributed by atoms with Gasteiger partial charge < -0.3 is 10.1 Å². The van der Waals surface area contributed by atoms with Crippen LogP contribution in [0, 0.1) is 10.1 Å². The van der Waals surface area contributed by atoms with Gasteiger partial charge in [0.2, 0.25) is 0 Å². The van der Waals surface area contributed by atoms with E-state index in [1.54, 1.807) is 13.0 Å². The maximum Gasteiger partial charge on any atom is 0.322 e. The normalized spacial score (nSPS) is 17.6. The zero-order valence-corrected chi connectivity index (χ0v) is 14.3. The zero-order chi connectivity index (χ0) is 18.1. The Bertz CT molecular complexity index is 891. The number of nitro groups is 1. The monoisotopic (exact) mass is 341 g/mol. The molecule has 7 nitrogen and oxygen atoms in total. The van der Waals surface area contributed by atoms with Crippen LogP contribution >= 0.6 is 0 Å². The van der Waals surface area contributed by atoms with Crippen LogP contribution in [-0.4, -0.2) is 29.5 Å². The first-order valence-electron chi connectivity index (χ1n) is 7.99. The van der Waals surface area contributed by atoms with Gasteiger partial charge in [-0.2, -0.15) is 0 Å². The third kappa shape index (κ3) is 2.77. The molecule has 0 unspecified atom stereocenters. The number of rotatable bonds is 4. The first kappa shape index (κ1) is 16.8. The highest BCUT2D eigenvalue weighted by Crippen LogP contribution is 2.39.